The number of aromatic nitrogens is 1. The van der Waals surface area contributed by atoms with Crippen LogP contribution in [0.15, 0.2) is 28.9 Å². The van der Waals surface area contributed by atoms with Gasteiger partial charge in [-0.1, -0.05) is 0 Å². The zero-order valence-corrected chi connectivity index (χ0v) is 12.7. The summed E-state index contributed by atoms with van der Waals surface area (Å²) in [6.07, 6.45) is 1.79. The third-order valence-corrected chi connectivity index (χ3v) is 5.06. The Bertz CT molecular complexity index is 652. The predicted molar refractivity (Wildman–Crippen MR) is 83.9 cm³/mol. The fraction of sp³-hybridized carbons (Fsp3) is 0.308. The topological polar surface area (TPSA) is 59.2 Å². The Hall–Kier alpha value is -1.14. The molecule has 2 N–H and O–H groups in total. The Labute approximate surface area is 122 Å². The minimum Gasteiger partial charge on any atom is -0.398 e. The summed E-state index contributed by atoms with van der Waals surface area (Å²) in [6.45, 7) is 1.62. The summed E-state index contributed by atoms with van der Waals surface area (Å²) < 4.78 is 12.4. The van der Waals surface area contributed by atoms with Crippen LogP contribution in [0.4, 0.5) is 11.4 Å². The van der Waals surface area contributed by atoms with Gasteiger partial charge in [-0.15, -0.1) is 0 Å². The first-order chi connectivity index (χ1) is 9.15. The lowest BCUT2D eigenvalue weighted by atomic mass is 10.1. The monoisotopic (exact) mass is 339 g/mol. The fourth-order valence-electron chi connectivity index (χ4n) is 2.33. The van der Waals surface area contributed by atoms with E-state index in [4.69, 9.17) is 5.73 Å². The highest BCUT2D eigenvalue weighted by Crippen LogP contribution is 2.31. The van der Waals surface area contributed by atoms with E-state index >= 15 is 0 Å². The van der Waals surface area contributed by atoms with Crippen LogP contribution in [0.3, 0.4) is 0 Å². The van der Waals surface area contributed by atoms with Gasteiger partial charge in [0.15, 0.2) is 0 Å². The van der Waals surface area contributed by atoms with Gasteiger partial charge in [0.2, 0.25) is 0 Å². The molecule has 0 unspecified atom stereocenters. The SMILES string of the molecule is Nc1ccc(N2CCS(=O)CC2)c2ncc(Br)cc12. The van der Waals surface area contributed by atoms with Crippen LogP contribution in [0, 0.1) is 0 Å². The van der Waals surface area contributed by atoms with Crippen molar-refractivity contribution in [2.45, 2.75) is 0 Å². The lowest BCUT2D eigenvalue weighted by molar-refractivity contribution is 0.673. The van der Waals surface area contributed by atoms with Gasteiger partial charge in [0, 0.05) is 57.1 Å². The van der Waals surface area contributed by atoms with Crippen LogP contribution in [-0.2, 0) is 10.8 Å². The van der Waals surface area contributed by atoms with Crippen molar-refractivity contribution in [1.82, 2.24) is 4.98 Å². The summed E-state index contributed by atoms with van der Waals surface area (Å²) in [7, 11) is -0.671. The Balaban J connectivity index is 2.09. The summed E-state index contributed by atoms with van der Waals surface area (Å²) in [5.74, 6) is 1.45. The summed E-state index contributed by atoms with van der Waals surface area (Å²) in [6, 6.07) is 5.91. The van der Waals surface area contributed by atoms with Gasteiger partial charge >= 0.3 is 0 Å². The molecule has 0 saturated carbocycles. The second-order valence-corrected chi connectivity index (χ2v) is 7.17. The van der Waals surface area contributed by atoms with Crippen LogP contribution in [-0.4, -0.2) is 33.8 Å². The molecular weight excluding hydrogens is 326 g/mol. The molecule has 1 aliphatic rings. The van der Waals surface area contributed by atoms with Gasteiger partial charge in [0.25, 0.3) is 0 Å². The highest BCUT2D eigenvalue weighted by Gasteiger charge is 2.18. The van der Waals surface area contributed by atoms with Crippen LogP contribution in [0.5, 0.6) is 0 Å². The molecule has 0 atom stereocenters. The van der Waals surface area contributed by atoms with E-state index in [-0.39, 0.29) is 0 Å². The van der Waals surface area contributed by atoms with E-state index in [9.17, 15) is 4.21 Å². The predicted octanol–water partition coefficient (Wildman–Crippen LogP) is 2.15. The lowest BCUT2D eigenvalue weighted by Gasteiger charge is -2.29. The molecule has 0 bridgehead atoms. The molecule has 1 aromatic heterocycles. The highest BCUT2D eigenvalue weighted by atomic mass is 79.9. The van der Waals surface area contributed by atoms with Crippen molar-refractivity contribution in [3.05, 3.63) is 28.9 Å². The maximum absolute atomic E-state index is 11.4. The minimum atomic E-state index is -0.671. The Morgan fingerprint density at radius 1 is 1.32 bits per heavy atom. The number of benzene rings is 1. The van der Waals surface area contributed by atoms with Gasteiger partial charge in [-0.3, -0.25) is 9.19 Å². The van der Waals surface area contributed by atoms with E-state index in [1.807, 2.05) is 18.2 Å². The van der Waals surface area contributed by atoms with E-state index in [1.165, 1.54) is 0 Å². The van der Waals surface area contributed by atoms with Gasteiger partial charge in [0.1, 0.15) is 0 Å². The molecule has 19 heavy (non-hydrogen) atoms. The maximum atomic E-state index is 11.4. The van der Waals surface area contributed by atoms with Crippen molar-refractivity contribution in [3.8, 4) is 0 Å². The second kappa shape index (κ2) is 5.09. The largest absolute Gasteiger partial charge is 0.398 e. The normalized spacial score (nSPS) is 17.0. The third kappa shape index (κ3) is 2.47. The average Bonchev–Trinajstić information content (AvgIpc) is 2.41. The number of fused-ring (bicyclic) bond motifs is 1. The zero-order valence-electron chi connectivity index (χ0n) is 10.3. The molecule has 1 aromatic carbocycles. The number of pyridine rings is 1. The number of nitrogens with zero attached hydrogens (tertiary/aromatic N) is 2. The molecule has 1 saturated heterocycles. The lowest BCUT2D eigenvalue weighted by Crippen LogP contribution is -2.37. The molecule has 1 fully saturated rings. The molecule has 0 radical (unpaired) electrons. The summed E-state index contributed by atoms with van der Waals surface area (Å²) in [4.78, 5) is 6.73. The van der Waals surface area contributed by atoms with Crippen molar-refractivity contribution in [1.29, 1.82) is 0 Å². The molecule has 0 aliphatic carbocycles. The van der Waals surface area contributed by atoms with Gasteiger partial charge in [-0.2, -0.15) is 0 Å². The second-order valence-electron chi connectivity index (χ2n) is 4.56. The van der Waals surface area contributed by atoms with E-state index in [1.54, 1.807) is 6.20 Å². The third-order valence-electron chi connectivity index (χ3n) is 3.35. The number of halogens is 1. The van der Waals surface area contributed by atoms with Gasteiger partial charge in [-0.05, 0) is 34.1 Å². The summed E-state index contributed by atoms with van der Waals surface area (Å²) in [5.41, 5.74) is 8.74. The average molecular weight is 340 g/mol. The van der Waals surface area contributed by atoms with Gasteiger partial charge in [0.05, 0.1) is 11.2 Å². The van der Waals surface area contributed by atoms with E-state index in [0.29, 0.717) is 0 Å². The molecular formula is C13H14BrN3OS. The molecule has 0 amide bonds. The molecule has 2 heterocycles. The Morgan fingerprint density at radius 2 is 2.05 bits per heavy atom. The van der Waals surface area contributed by atoms with Gasteiger partial charge < -0.3 is 10.6 Å². The Kier molecular flexibility index (Phi) is 3.45. The number of nitrogen functional groups attached to an aromatic ring is 1. The number of nitrogens with two attached hydrogens (primary N) is 1. The van der Waals surface area contributed by atoms with Crippen molar-refractivity contribution in [2.24, 2.45) is 0 Å². The van der Waals surface area contributed by atoms with Crippen molar-refractivity contribution < 1.29 is 4.21 Å². The minimum absolute atomic E-state index is 0.671. The number of hydrogen-bond acceptors (Lipinski definition) is 4. The maximum Gasteiger partial charge on any atom is 0.0956 e. The van der Waals surface area contributed by atoms with Gasteiger partial charge in [-0.25, -0.2) is 0 Å². The van der Waals surface area contributed by atoms with Crippen molar-refractivity contribution >= 4 is 49.0 Å². The first-order valence-corrected chi connectivity index (χ1v) is 8.37. The quantitative estimate of drug-likeness (QED) is 0.808. The molecule has 6 heteroatoms. The fourth-order valence-corrected chi connectivity index (χ4v) is 3.72. The summed E-state index contributed by atoms with van der Waals surface area (Å²) >= 11 is 3.42. The van der Waals surface area contributed by atoms with Crippen molar-refractivity contribution in [3.63, 3.8) is 0 Å². The van der Waals surface area contributed by atoms with Crippen LogP contribution in [0.1, 0.15) is 0 Å². The molecule has 2 aromatic rings. The van der Waals surface area contributed by atoms with E-state index < -0.39 is 10.8 Å². The van der Waals surface area contributed by atoms with Crippen LogP contribution in [0.25, 0.3) is 10.9 Å². The first-order valence-electron chi connectivity index (χ1n) is 6.09. The van der Waals surface area contributed by atoms with E-state index in [0.717, 1.165) is 51.3 Å². The first kappa shape index (κ1) is 12.9. The molecule has 1 aliphatic heterocycles. The van der Waals surface area contributed by atoms with Crippen LogP contribution in [0.2, 0.25) is 0 Å². The van der Waals surface area contributed by atoms with Crippen molar-refractivity contribution in [2.75, 3.05) is 35.2 Å². The van der Waals surface area contributed by atoms with Crippen LogP contribution < -0.4 is 10.6 Å². The molecule has 0 spiro atoms. The number of rotatable bonds is 1. The standard InChI is InChI=1S/C13H14BrN3OS/c14-9-7-10-11(15)1-2-12(13(10)16-8-9)17-3-5-19(18)6-4-17/h1-2,7-8H,3-6,15H2. The zero-order chi connectivity index (χ0) is 13.4. The summed E-state index contributed by atoms with van der Waals surface area (Å²) in [5, 5.41) is 0.957. The number of hydrogen-bond donors (Lipinski definition) is 1. The molecule has 3 rings (SSSR count). The Morgan fingerprint density at radius 3 is 2.79 bits per heavy atom. The smallest absolute Gasteiger partial charge is 0.0956 e. The van der Waals surface area contributed by atoms with Crippen LogP contribution >= 0.6 is 15.9 Å². The number of anilines is 2. The highest BCUT2D eigenvalue weighted by molar-refractivity contribution is 9.10. The molecule has 100 valence electrons. The van der Waals surface area contributed by atoms with E-state index in [2.05, 4.69) is 25.8 Å². The molecule has 4 nitrogen and oxygen atoms in total.